The maximum absolute atomic E-state index is 5.80. The SMILES string of the molecule is Cc1cccc(OCCNC(c2cccs2)C2CC2)c1. The lowest BCUT2D eigenvalue weighted by molar-refractivity contribution is 0.301. The fourth-order valence-corrected chi connectivity index (χ4v) is 3.38. The van der Waals surface area contributed by atoms with Crippen LogP contribution in [0.4, 0.5) is 0 Å². The van der Waals surface area contributed by atoms with Crippen molar-refractivity contribution in [1.82, 2.24) is 5.32 Å². The quantitative estimate of drug-likeness (QED) is 0.771. The van der Waals surface area contributed by atoms with Gasteiger partial charge in [-0.1, -0.05) is 18.2 Å². The molecule has 0 bridgehead atoms. The third-order valence-corrected chi connectivity index (χ3v) is 4.62. The van der Waals surface area contributed by atoms with Crippen molar-refractivity contribution in [3.63, 3.8) is 0 Å². The molecule has 106 valence electrons. The van der Waals surface area contributed by atoms with Gasteiger partial charge >= 0.3 is 0 Å². The van der Waals surface area contributed by atoms with Gasteiger partial charge < -0.3 is 10.1 Å². The summed E-state index contributed by atoms with van der Waals surface area (Å²) < 4.78 is 5.80. The number of hydrogen-bond donors (Lipinski definition) is 1. The minimum atomic E-state index is 0.524. The van der Waals surface area contributed by atoms with Crippen LogP contribution in [-0.4, -0.2) is 13.2 Å². The minimum Gasteiger partial charge on any atom is -0.492 e. The van der Waals surface area contributed by atoms with Crippen LogP contribution in [0, 0.1) is 12.8 Å². The second-order valence-corrected chi connectivity index (χ2v) is 6.43. The fourth-order valence-electron chi connectivity index (χ4n) is 2.49. The van der Waals surface area contributed by atoms with Crippen LogP contribution in [0.15, 0.2) is 41.8 Å². The average molecular weight is 287 g/mol. The van der Waals surface area contributed by atoms with Crippen molar-refractivity contribution in [3.8, 4) is 5.75 Å². The molecule has 1 fully saturated rings. The highest BCUT2D eigenvalue weighted by Crippen LogP contribution is 2.42. The normalized spacial score (nSPS) is 16.1. The van der Waals surface area contributed by atoms with Crippen molar-refractivity contribution in [1.29, 1.82) is 0 Å². The minimum absolute atomic E-state index is 0.524. The lowest BCUT2D eigenvalue weighted by Gasteiger charge is -2.17. The first-order chi connectivity index (χ1) is 9.83. The fraction of sp³-hybridized carbons (Fsp3) is 0.412. The highest BCUT2D eigenvalue weighted by molar-refractivity contribution is 7.10. The Morgan fingerprint density at radius 3 is 2.90 bits per heavy atom. The van der Waals surface area contributed by atoms with E-state index in [1.807, 2.05) is 23.5 Å². The Bertz CT molecular complexity index is 534. The predicted molar refractivity (Wildman–Crippen MR) is 84.5 cm³/mol. The third-order valence-electron chi connectivity index (χ3n) is 3.67. The van der Waals surface area contributed by atoms with Crippen molar-refractivity contribution >= 4 is 11.3 Å². The Morgan fingerprint density at radius 2 is 2.20 bits per heavy atom. The second kappa shape index (κ2) is 6.42. The number of aryl methyl sites for hydroxylation is 1. The molecule has 0 amide bonds. The second-order valence-electron chi connectivity index (χ2n) is 5.45. The molecule has 3 heteroatoms. The van der Waals surface area contributed by atoms with Gasteiger partial charge in [-0.15, -0.1) is 11.3 Å². The summed E-state index contributed by atoms with van der Waals surface area (Å²) in [4.78, 5) is 1.46. The lowest BCUT2D eigenvalue weighted by atomic mass is 10.1. The molecular weight excluding hydrogens is 266 g/mol. The van der Waals surface area contributed by atoms with Gasteiger partial charge in [-0.3, -0.25) is 0 Å². The molecule has 1 aliphatic rings. The number of nitrogens with one attached hydrogen (secondary N) is 1. The van der Waals surface area contributed by atoms with Crippen molar-refractivity contribution in [2.75, 3.05) is 13.2 Å². The van der Waals surface area contributed by atoms with E-state index in [0.29, 0.717) is 6.04 Å². The number of ether oxygens (including phenoxy) is 1. The Kier molecular flexibility index (Phi) is 4.38. The predicted octanol–water partition coefficient (Wildman–Crippen LogP) is 4.18. The number of thiophene rings is 1. The Morgan fingerprint density at radius 1 is 1.30 bits per heavy atom. The summed E-state index contributed by atoms with van der Waals surface area (Å²) in [6, 6.07) is 13.1. The molecule has 20 heavy (non-hydrogen) atoms. The van der Waals surface area contributed by atoms with Crippen LogP contribution < -0.4 is 10.1 Å². The molecule has 1 saturated carbocycles. The molecule has 0 spiro atoms. The van der Waals surface area contributed by atoms with Gasteiger partial charge in [0, 0.05) is 17.5 Å². The van der Waals surface area contributed by atoms with Crippen LogP contribution in [-0.2, 0) is 0 Å². The molecule has 1 atom stereocenters. The first-order valence-electron chi connectivity index (χ1n) is 7.29. The van der Waals surface area contributed by atoms with Crippen molar-refractivity contribution in [2.24, 2.45) is 5.92 Å². The molecule has 1 aliphatic carbocycles. The molecule has 2 aromatic rings. The molecule has 2 nitrogen and oxygen atoms in total. The van der Waals surface area contributed by atoms with Crippen molar-refractivity contribution in [2.45, 2.75) is 25.8 Å². The zero-order chi connectivity index (χ0) is 13.8. The maximum Gasteiger partial charge on any atom is 0.119 e. The van der Waals surface area contributed by atoms with E-state index in [2.05, 4.69) is 41.9 Å². The number of benzene rings is 1. The topological polar surface area (TPSA) is 21.3 Å². The average Bonchev–Trinajstić information content (AvgIpc) is 3.13. The molecule has 1 aromatic carbocycles. The molecule has 0 saturated heterocycles. The summed E-state index contributed by atoms with van der Waals surface area (Å²) in [5.74, 6) is 1.79. The van der Waals surface area contributed by atoms with Crippen LogP contribution in [0.3, 0.4) is 0 Å². The lowest BCUT2D eigenvalue weighted by Crippen LogP contribution is -2.27. The summed E-state index contributed by atoms with van der Waals surface area (Å²) in [6.45, 7) is 3.70. The van der Waals surface area contributed by atoms with E-state index in [1.165, 1.54) is 23.3 Å². The van der Waals surface area contributed by atoms with Crippen LogP contribution in [0.25, 0.3) is 0 Å². The molecule has 1 aromatic heterocycles. The van der Waals surface area contributed by atoms with Gasteiger partial charge in [0.25, 0.3) is 0 Å². The van der Waals surface area contributed by atoms with E-state index in [4.69, 9.17) is 4.74 Å². The smallest absolute Gasteiger partial charge is 0.119 e. The van der Waals surface area contributed by atoms with Gasteiger partial charge in [-0.2, -0.15) is 0 Å². The Labute approximate surface area is 124 Å². The van der Waals surface area contributed by atoms with Crippen LogP contribution in [0.5, 0.6) is 5.75 Å². The van der Waals surface area contributed by atoms with E-state index in [1.54, 1.807) is 0 Å². The van der Waals surface area contributed by atoms with Crippen LogP contribution in [0.1, 0.15) is 29.3 Å². The van der Waals surface area contributed by atoms with E-state index in [9.17, 15) is 0 Å². The molecule has 0 radical (unpaired) electrons. The summed E-state index contributed by atoms with van der Waals surface area (Å²) in [7, 11) is 0. The largest absolute Gasteiger partial charge is 0.492 e. The molecular formula is C17H21NOS. The maximum atomic E-state index is 5.80. The zero-order valence-corrected chi connectivity index (χ0v) is 12.7. The van der Waals surface area contributed by atoms with Gasteiger partial charge in [0.1, 0.15) is 12.4 Å². The van der Waals surface area contributed by atoms with E-state index >= 15 is 0 Å². The van der Waals surface area contributed by atoms with Gasteiger partial charge in [0.05, 0.1) is 0 Å². The molecule has 0 aliphatic heterocycles. The summed E-state index contributed by atoms with van der Waals surface area (Å²) >= 11 is 1.85. The first-order valence-corrected chi connectivity index (χ1v) is 8.17. The molecule has 1 heterocycles. The van der Waals surface area contributed by atoms with E-state index in [0.717, 1.165) is 24.8 Å². The third kappa shape index (κ3) is 3.62. The molecule has 1 unspecified atom stereocenters. The van der Waals surface area contributed by atoms with Crippen molar-refractivity contribution in [3.05, 3.63) is 52.2 Å². The first kappa shape index (κ1) is 13.7. The summed E-state index contributed by atoms with van der Waals surface area (Å²) in [6.07, 6.45) is 2.71. The monoisotopic (exact) mass is 287 g/mol. The van der Waals surface area contributed by atoms with Gasteiger partial charge in [-0.05, 0) is 54.8 Å². The van der Waals surface area contributed by atoms with Crippen LogP contribution in [0.2, 0.25) is 0 Å². The van der Waals surface area contributed by atoms with Crippen molar-refractivity contribution < 1.29 is 4.74 Å². The van der Waals surface area contributed by atoms with E-state index < -0.39 is 0 Å². The number of rotatable bonds is 7. The Balaban J connectivity index is 1.47. The van der Waals surface area contributed by atoms with Gasteiger partial charge in [0.2, 0.25) is 0 Å². The molecule has 1 N–H and O–H groups in total. The summed E-state index contributed by atoms with van der Waals surface area (Å²) in [5.41, 5.74) is 1.24. The highest BCUT2D eigenvalue weighted by Gasteiger charge is 2.32. The Hall–Kier alpha value is -1.32. The molecule has 3 rings (SSSR count). The zero-order valence-electron chi connectivity index (χ0n) is 11.8. The highest BCUT2D eigenvalue weighted by atomic mass is 32.1. The van der Waals surface area contributed by atoms with Gasteiger partial charge in [-0.25, -0.2) is 0 Å². The van der Waals surface area contributed by atoms with Gasteiger partial charge in [0.15, 0.2) is 0 Å². The van der Waals surface area contributed by atoms with Crippen LogP contribution >= 0.6 is 11.3 Å². The van der Waals surface area contributed by atoms with E-state index in [-0.39, 0.29) is 0 Å². The standard InChI is InChI=1S/C17H21NOS/c1-13-4-2-5-15(12-13)19-10-9-18-17(14-7-8-14)16-6-3-11-20-16/h2-6,11-12,14,17-18H,7-10H2,1H3. The number of hydrogen-bond acceptors (Lipinski definition) is 3. The summed E-state index contributed by atoms with van der Waals surface area (Å²) in [5, 5.41) is 5.82.